The fourth-order valence-corrected chi connectivity index (χ4v) is 3.79. The summed E-state index contributed by atoms with van der Waals surface area (Å²) in [6.45, 7) is 0.207. The van der Waals surface area contributed by atoms with Gasteiger partial charge in [-0.15, -0.1) is 0 Å². The average molecular weight is 398 g/mol. The minimum absolute atomic E-state index is 0.165. The molecule has 5 heteroatoms. The van der Waals surface area contributed by atoms with E-state index < -0.39 is 17.7 Å². The molecular formula is C25H22N2O3. The minimum atomic E-state index is -0.635. The highest BCUT2D eigenvalue weighted by Gasteiger charge is 2.43. The first-order valence-electron chi connectivity index (χ1n) is 9.91. The van der Waals surface area contributed by atoms with E-state index in [1.165, 1.54) is 4.90 Å². The molecule has 2 heterocycles. The van der Waals surface area contributed by atoms with Gasteiger partial charge in [0.25, 0.3) is 5.91 Å². The van der Waals surface area contributed by atoms with Gasteiger partial charge in [0.05, 0.1) is 23.9 Å². The lowest BCUT2D eigenvalue weighted by Crippen LogP contribution is -2.31. The highest BCUT2D eigenvalue weighted by atomic mass is 16.3. The van der Waals surface area contributed by atoms with Crippen molar-refractivity contribution in [2.24, 2.45) is 0 Å². The maximum absolute atomic E-state index is 13.1. The molecule has 1 amide bonds. The number of amides is 1. The predicted molar refractivity (Wildman–Crippen MR) is 113 cm³/mol. The van der Waals surface area contributed by atoms with E-state index in [0.29, 0.717) is 12.1 Å². The van der Waals surface area contributed by atoms with Crippen LogP contribution < -0.4 is 0 Å². The maximum Gasteiger partial charge on any atom is 0.290 e. The number of carbonyl (C=O) groups is 2. The van der Waals surface area contributed by atoms with Crippen LogP contribution >= 0.6 is 0 Å². The van der Waals surface area contributed by atoms with E-state index >= 15 is 0 Å². The van der Waals surface area contributed by atoms with Crippen LogP contribution in [-0.4, -0.2) is 26.7 Å². The third-order valence-electron chi connectivity index (χ3n) is 5.26. The number of aromatic nitrogens is 1. The van der Waals surface area contributed by atoms with E-state index in [1.807, 2.05) is 72.8 Å². The third-order valence-corrected chi connectivity index (χ3v) is 5.26. The smallest absolute Gasteiger partial charge is 0.290 e. The number of carbonyl (C=O) groups excluding carboxylic acids is 2. The van der Waals surface area contributed by atoms with Gasteiger partial charge in [0, 0.05) is 12.6 Å². The zero-order valence-corrected chi connectivity index (χ0v) is 16.4. The van der Waals surface area contributed by atoms with Crippen molar-refractivity contribution in [2.45, 2.75) is 25.4 Å². The highest BCUT2D eigenvalue weighted by molar-refractivity contribution is 6.09. The largest absolute Gasteiger partial charge is 0.503 e. The van der Waals surface area contributed by atoms with E-state index in [-0.39, 0.29) is 24.3 Å². The summed E-state index contributed by atoms with van der Waals surface area (Å²) in [5.41, 5.74) is 2.68. The van der Waals surface area contributed by atoms with Gasteiger partial charge in [0.2, 0.25) is 0 Å². The topological polar surface area (TPSA) is 70.5 Å². The average Bonchev–Trinajstić information content (AvgIpc) is 3.04. The maximum atomic E-state index is 13.1. The molecule has 5 nitrogen and oxygen atoms in total. The molecule has 1 aromatic heterocycles. The Bertz CT molecular complexity index is 1060. The lowest BCUT2D eigenvalue weighted by atomic mass is 9.93. The predicted octanol–water partition coefficient (Wildman–Crippen LogP) is 4.18. The lowest BCUT2D eigenvalue weighted by Gasteiger charge is -2.26. The van der Waals surface area contributed by atoms with E-state index in [0.717, 1.165) is 11.1 Å². The molecule has 0 spiro atoms. The Balaban J connectivity index is 1.64. The SMILES string of the molecule is O=C(CCc1ccccc1)C1=C(O)C(=O)N(Cc2ccccn2)C1c1ccccc1. The molecule has 1 aliphatic rings. The van der Waals surface area contributed by atoms with Crippen LogP contribution in [0.5, 0.6) is 0 Å². The van der Waals surface area contributed by atoms with Gasteiger partial charge >= 0.3 is 0 Å². The number of benzene rings is 2. The molecule has 150 valence electrons. The summed E-state index contributed by atoms with van der Waals surface area (Å²) in [6.07, 6.45) is 2.43. The molecule has 30 heavy (non-hydrogen) atoms. The number of hydrogen-bond donors (Lipinski definition) is 1. The zero-order chi connectivity index (χ0) is 20.9. The fourth-order valence-electron chi connectivity index (χ4n) is 3.79. The summed E-state index contributed by atoms with van der Waals surface area (Å²) in [7, 11) is 0. The number of nitrogens with zero attached hydrogens (tertiary/aromatic N) is 2. The summed E-state index contributed by atoms with van der Waals surface area (Å²) in [5, 5.41) is 10.7. The number of ketones is 1. The third kappa shape index (κ3) is 4.01. The van der Waals surface area contributed by atoms with Gasteiger partial charge < -0.3 is 10.0 Å². The van der Waals surface area contributed by atoms with Gasteiger partial charge in [-0.1, -0.05) is 66.7 Å². The zero-order valence-electron chi connectivity index (χ0n) is 16.4. The molecule has 0 saturated heterocycles. The van der Waals surface area contributed by atoms with Crippen molar-refractivity contribution in [1.82, 2.24) is 9.88 Å². The van der Waals surface area contributed by atoms with E-state index in [1.54, 1.807) is 12.3 Å². The normalized spacial score (nSPS) is 16.2. The van der Waals surface area contributed by atoms with Gasteiger partial charge in [-0.3, -0.25) is 14.6 Å². The quantitative estimate of drug-likeness (QED) is 0.648. The van der Waals surface area contributed by atoms with Crippen molar-refractivity contribution in [3.63, 3.8) is 0 Å². The van der Waals surface area contributed by atoms with Gasteiger partial charge in [-0.2, -0.15) is 0 Å². The van der Waals surface area contributed by atoms with E-state index in [2.05, 4.69) is 4.98 Å². The van der Waals surface area contributed by atoms with Crippen LogP contribution in [0.4, 0.5) is 0 Å². The van der Waals surface area contributed by atoms with Crippen LogP contribution in [0.3, 0.4) is 0 Å². The first-order chi connectivity index (χ1) is 14.6. The molecule has 3 aromatic rings. The number of pyridine rings is 1. The number of Topliss-reactive ketones (excluding diaryl/α,β-unsaturated/α-hetero) is 1. The number of aliphatic hydroxyl groups is 1. The molecule has 1 unspecified atom stereocenters. The molecule has 0 saturated carbocycles. The summed E-state index contributed by atoms with van der Waals surface area (Å²) in [4.78, 5) is 31.9. The van der Waals surface area contributed by atoms with Crippen LogP contribution in [0.2, 0.25) is 0 Å². The summed E-state index contributed by atoms with van der Waals surface area (Å²) < 4.78 is 0. The minimum Gasteiger partial charge on any atom is -0.503 e. The fraction of sp³-hybridized carbons (Fsp3) is 0.160. The Hall–Kier alpha value is -3.73. The monoisotopic (exact) mass is 398 g/mol. The second-order valence-electron chi connectivity index (χ2n) is 7.24. The van der Waals surface area contributed by atoms with Crippen LogP contribution in [0.15, 0.2) is 96.4 Å². The standard InChI is InChI=1S/C25H22N2O3/c28-21(15-14-18-9-3-1-4-10-18)22-23(19-11-5-2-6-12-19)27(25(30)24(22)29)17-20-13-7-8-16-26-20/h1-13,16,23,29H,14-15,17H2. The van der Waals surface area contributed by atoms with Gasteiger partial charge in [0.15, 0.2) is 11.5 Å². The van der Waals surface area contributed by atoms with E-state index in [9.17, 15) is 14.7 Å². The Labute approximate surface area is 175 Å². The molecule has 0 radical (unpaired) electrons. The highest BCUT2D eigenvalue weighted by Crippen LogP contribution is 2.39. The molecule has 0 bridgehead atoms. The number of rotatable bonds is 7. The summed E-state index contributed by atoms with van der Waals surface area (Å²) in [6, 6.07) is 23.9. The molecule has 2 aromatic carbocycles. The van der Waals surface area contributed by atoms with Crippen LogP contribution in [0.25, 0.3) is 0 Å². The molecular weight excluding hydrogens is 376 g/mol. The summed E-state index contributed by atoms with van der Waals surface area (Å²) in [5.74, 6) is -1.22. The van der Waals surface area contributed by atoms with Gasteiger partial charge in [-0.05, 0) is 29.7 Å². The van der Waals surface area contributed by atoms with Crippen molar-refractivity contribution >= 4 is 11.7 Å². The van der Waals surface area contributed by atoms with Crippen LogP contribution in [0, 0.1) is 0 Å². The van der Waals surface area contributed by atoms with Crippen molar-refractivity contribution in [3.05, 3.63) is 113 Å². The van der Waals surface area contributed by atoms with Gasteiger partial charge in [0.1, 0.15) is 0 Å². The summed E-state index contributed by atoms with van der Waals surface area (Å²) >= 11 is 0. The number of aryl methyl sites for hydroxylation is 1. The Morgan fingerprint density at radius 2 is 1.60 bits per heavy atom. The van der Waals surface area contributed by atoms with Crippen molar-refractivity contribution in [3.8, 4) is 0 Å². The number of hydrogen-bond acceptors (Lipinski definition) is 4. The Morgan fingerprint density at radius 1 is 0.933 bits per heavy atom. The molecule has 1 N–H and O–H groups in total. The molecule has 0 fully saturated rings. The molecule has 1 aliphatic heterocycles. The lowest BCUT2D eigenvalue weighted by molar-refractivity contribution is -0.130. The number of aliphatic hydroxyl groups excluding tert-OH is 1. The van der Waals surface area contributed by atoms with Crippen molar-refractivity contribution in [1.29, 1.82) is 0 Å². The molecule has 1 atom stereocenters. The second kappa shape index (κ2) is 8.74. The second-order valence-corrected chi connectivity index (χ2v) is 7.24. The molecule has 4 rings (SSSR count). The van der Waals surface area contributed by atoms with Gasteiger partial charge in [-0.25, -0.2) is 0 Å². The van der Waals surface area contributed by atoms with Crippen LogP contribution in [0.1, 0.15) is 29.3 Å². The van der Waals surface area contributed by atoms with Crippen LogP contribution in [-0.2, 0) is 22.6 Å². The van der Waals surface area contributed by atoms with E-state index in [4.69, 9.17) is 0 Å². The first kappa shape index (κ1) is 19.6. The Morgan fingerprint density at radius 3 is 2.27 bits per heavy atom. The first-order valence-corrected chi connectivity index (χ1v) is 9.91. The van der Waals surface area contributed by atoms with Crippen molar-refractivity contribution in [2.75, 3.05) is 0 Å². The molecule has 0 aliphatic carbocycles. The Kier molecular flexibility index (Phi) is 5.70. The van der Waals surface area contributed by atoms with Crippen molar-refractivity contribution < 1.29 is 14.7 Å².